The quantitative estimate of drug-likeness (QED) is 0.795. The average Bonchev–Trinajstić information content (AvgIpc) is 2.27. The van der Waals surface area contributed by atoms with E-state index in [1.807, 2.05) is 32.0 Å². The van der Waals surface area contributed by atoms with Crippen LogP contribution in [0.15, 0.2) is 34.9 Å². The lowest BCUT2D eigenvalue weighted by Gasteiger charge is -2.08. The molecular formula is C13H12BrNO2. The molecule has 3 nitrogen and oxygen atoms in total. The normalized spacial score (nSPS) is 10.8. The number of nitrogens with zero attached hydrogens (tertiary/aromatic N) is 1. The number of hydrogen-bond acceptors (Lipinski definition) is 3. The van der Waals surface area contributed by atoms with E-state index >= 15 is 0 Å². The van der Waals surface area contributed by atoms with Gasteiger partial charge in [0.2, 0.25) is 0 Å². The lowest BCUT2D eigenvalue weighted by Crippen LogP contribution is -2.11. The summed E-state index contributed by atoms with van der Waals surface area (Å²) in [6.07, 6.45) is 1.42. The maximum atomic E-state index is 11.7. The number of halogens is 1. The summed E-state index contributed by atoms with van der Waals surface area (Å²) >= 11 is 3.39. The summed E-state index contributed by atoms with van der Waals surface area (Å²) in [5, 5.41) is 0.914. The minimum absolute atomic E-state index is 0.124. The van der Waals surface area contributed by atoms with Crippen LogP contribution in [0.25, 0.3) is 10.9 Å². The van der Waals surface area contributed by atoms with Gasteiger partial charge < -0.3 is 4.74 Å². The second-order valence-corrected chi connectivity index (χ2v) is 4.93. The van der Waals surface area contributed by atoms with Crippen molar-refractivity contribution in [2.45, 2.75) is 20.0 Å². The fourth-order valence-corrected chi connectivity index (χ4v) is 1.87. The van der Waals surface area contributed by atoms with Crippen molar-refractivity contribution < 1.29 is 9.53 Å². The number of benzene rings is 1. The van der Waals surface area contributed by atoms with Gasteiger partial charge in [0.25, 0.3) is 0 Å². The van der Waals surface area contributed by atoms with Crippen molar-refractivity contribution in [1.29, 1.82) is 0 Å². The molecule has 0 aliphatic carbocycles. The van der Waals surface area contributed by atoms with E-state index in [0.717, 1.165) is 15.4 Å². The van der Waals surface area contributed by atoms with Gasteiger partial charge in [-0.3, -0.25) is 4.98 Å². The van der Waals surface area contributed by atoms with Gasteiger partial charge in [0.05, 0.1) is 17.2 Å². The fraction of sp³-hybridized carbons (Fsp3) is 0.231. The van der Waals surface area contributed by atoms with Crippen molar-refractivity contribution in [1.82, 2.24) is 4.98 Å². The van der Waals surface area contributed by atoms with Gasteiger partial charge in [-0.1, -0.05) is 15.9 Å². The van der Waals surface area contributed by atoms with Crippen LogP contribution >= 0.6 is 15.9 Å². The van der Waals surface area contributed by atoms with Crippen molar-refractivity contribution in [3.8, 4) is 0 Å². The number of pyridine rings is 1. The van der Waals surface area contributed by atoms with Crippen LogP contribution < -0.4 is 0 Å². The third-order valence-corrected chi connectivity index (χ3v) is 2.71. The van der Waals surface area contributed by atoms with Crippen LogP contribution in [-0.4, -0.2) is 17.1 Å². The van der Waals surface area contributed by atoms with Crippen molar-refractivity contribution in [2.75, 3.05) is 0 Å². The molecule has 0 fully saturated rings. The number of hydrogen-bond donors (Lipinski definition) is 0. The molecule has 17 heavy (non-hydrogen) atoms. The first-order valence-corrected chi connectivity index (χ1v) is 6.12. The minimum atomic E-state index is -0.339. The lowest BCUT2D eigenvalue weighted by molar-refractivity contribution is 0.0377. The standard InChI is InChI=1S/C13H12BrNO2/c1-8(2)17-13(16)10-5-9-6-11(14)3-4-12(9)15-7-10/h3-8H,1-2H3. The number of esters is 1. The Morgan fingerprint density at radius 2 is 2.12 bits per heavy atom. The number of aromatic nitrogens is 1. The summed E-state index contributed by atoms with van der Waals surface area (Å²) in [7, 11) is 0. The molecule has 0 amide bonds. The molecule has 2 aromatic rings. The Morgan fingerprint density at radius 1 is 1.35 bits per heavy atom. The summed E-state index contributed by atoms with van der Waals surface area (Å²) in [4.78, 5) is 15.9. The topological polar surface area (TPSA) is 39.2 Å². The molecule has 0 radical (unpaired) electrons. The van der Waals surface area contributed by atoms with E-state index in [2.05, 4.69) is 20.9 Å². The third kappa shape index (κ3) is 2.82. The Kier molecular flexibility index (Phi) is 3.43. The van der Waals surface area contributed by atoms with Crippen LogP contribution in [-0.2, 0) is 4.74 Å². The molecule has 1 aromatic carbocycles. The number of ether oxygens (including phenoxy) is 1. The highest BCUT2D eigenvalue weighted by atomic mass is 79.9. The van der Waals surface area contributed by atoms with Gasteiger partial charge >= 0.3 is 5.97 Å². The molecular weight excluding hydrogens is 282 g/mol. The van der Waals surface area contributed by atoms with Crippen LogP contribution in [0.3, 0.4) is 0 Å². The second-order valence-electron chi connectivity index (χ2n) is 4.02. The van der Waals surface area contributed by atoms with Crippen LogP contribution in [0.5, 0.6) is 0 Å². The molecule has 0 N–H and O–H groups in total. The van der Waals surface area contributed by atoms with E-state index in [9.17, 15) is 4.79 Å². The zero-order valence-electron chi connectivity index (χ0n) is 9.61. The van der Waals surface area contributed by atoms with E-state index in [4.69, 9.17) is 4.74 Å². The summed E-state index contributed by atoms with van der Waals surface area (Å²) in [5.41, 5.74) is 1.33. The van der Waals surface area contributed by atoms with Gasteiger partial charge in [-0.15, -0.1) is 0 Å². The molecule has 88 valence electrons. The Labute approximate surface area is 108 Å². The van der Waals surface area contributed by atoms with Crippen molar-refractivity contribution in [3.05, 3.63) is 40.5 Å². The predicted octanol–water partition coefficient (Wildman–Crippen LogP) is 3.56. The molecule has 1 aromatic heterocycles. The Bertz CT molecular complexity index is 566. The molecule has 0 aliphatic rings. The zero-order chi connectivity index (χ0) is 12.4. The third-order valence-electron chi connectivity index (χ3n) is 2.22. The van der Waals surface area contributed by atoms with E-state index in [0.29, 0.717) is 5.56 Å². The highest BCUT2D eigenvalue weighted by molar-refractivity contribution is 9.10. The van der Waals surface area contributed by atoms with Gasteiger partial charge in [-0.05, 0) is 38.1 Å². The highest BCUT2D eigenvalue weighted by Crippen LogP contribution is 2.19. The summed E-state index contributed by atoms with van der Waals surface area (Å²) in [6, 6.07) is 7.53. The van der Waals surface area contributed by atoms with E-state index in [-0.39, 0.29) is 12.1 Å². The minimum Gasteiger partial charge on any atom is -0.459 e. The maximum Gasteiger partial charge on any atom is 0.339 e. The Balaban J connectivity index is 2.40. The Morgan fingerprint density at radius 3 is 2.82 bits per heavy atom. The molecule has 0 aliphatic heterocycles. The molecule has 0 spiro atoms. The maximum absolute atomic E-state index is 11.7. The molecule has 0 saturated heterocycles. The summed E-state index contributed by atoms with van der Waals surface area (Å²) < 4.78 is 6.08. The Hall–Kier alpha value is -1.42. The zero-order valence-corrected chi connectivity index (χ0v) is 11.2. The molecule has 4 heteroatoms. The summed E-state index contributed by atoms with van der Waals surface area (Å²) in [6.45, 7) is 3.64. The van der Waals surface area contributed by atoms with Gasteiger partial charge in [0, 0.05) is 16.1 Å². The highest BCUT2D eigenvalue weighted by Gasteiger charge is 2.10. The number of rotatable bonds is 2. The van der Waals surface area contributed by atoms with Crippen LogP contribution in [0.4, 0.5) is 0 Å². The average molecular weight is 294 g/mol. The second kappa shape index (κ2) is 4.84. The summed E-state index contributed by atoms with van der Waals surface area (Å²) in [5.74, 6) is -0.339. The van der Waals surface area contributed by atoms with E-state index < -0.39 is 0 Å². The fourth-order valence-electron chi connectivity index (χ4n) is 1.50. The molecule has 0 unspecified atom stereocenters. The van der Waals surface area contributed by atoms with E-state index in [1.54, 1.807) is 12.3 Å². The first-order valence-electron chi connectivity index (χ1n) is 5.32. The number of carbonyl (C=O) groups excluding carboxylic acids is 1. The molecule has 2 rings (SSSR count). The van der Waals surface area contributed by atoms with Crippen molar-refractivity contribution in [3.63, 3.8) is 0 Å². The van der Waals surface area contributed by atoms with Crippen molar-refractivity contribution >= 4 is 32.8 Å². The SMILES string of the molecule is CC(C)OC(=O)c1cnc2ccc(Br)cc2c1. The molecule has 0 saturated carbocycles. The van der Waals surface area contributed by atoms with Crippen LogP contribution in [0, 0.1) is 0 Å². The smallest absolute Gasteiger partial charge is 0.339 e. The van der Waals surface area contributed by atoms with Crippen LogP contribution in [0.2, 0.25) is 0 Å². The first kappa shape index (κ1) is 12.0. The van der Waals surface area contributed by atoms with Gasteiger partial charge in [0.1, 0.15) is 0 Å². The lowest BCUT2D eigenvalue weighted by atomic mass is 10.1. The van der Waals surface area contributed by atoms with Crippen molar-refractivity contribution in [2.24, 2.45) is 0 Å². The van der Waals surface area contributed by atoms with E-state index in [1.165, 1.54) is 0 Å². The molecule has 0 atom stereocenters. The first-order chi connectivity index (χ1) is 8.06. The number of fused-ring (bicyclic) bond motifs is 1. The van der Waals surface area contributed by atoms with Crippen LogP contribution in [0.1, 0.15) is 24.2 Å². The molecule has 1 heterocycles. The van der Waals surface area contributed by atoms with Gasteiger partial charge in [0.15, 0.2) is 0 Å². The van der Waals surface area contributed by atoms with Gasteiger partial charge in [-0.2, -0.15) is 0 Å². The molecule has 0 bridgehead atoms. The predicted molar refractivity (Wildman–Crippen MR) is 70.0 cm³/mol. The monoisotopic (exact) mass is 293 g/mol. The largest absolute Gasteiger partial charge is 0.459 e. The number of carbonyl (C=O) groups is 1. The van der Waals surface area contributed by atoms with Gasteiger partial charge in [-0.25, -0.2) is 4.79 Å².